The fourth-order valence-corrected chi connectivity index (χ4v) is 1.99. The molecule has 2 heteroatoms. The maximum Gasteiger partial charge on any atom is 0.0500 e. The van der Waals surface area contributed by atoms with Gasteiger partial charge in [-0.05, 0) is 30.7 Å². The van der Waals surface area contributed by atoms with Gasteiger partial charge in [0.25, 0.3) is 0 Å². The summed E-state index contributed by atoms with van der Waals surface area (Å²) >= 11 is 0. The van der Waals surface area contributed by atoms with Gasteiger partial charge < -0.3 is 10.5 Å². The fourth-order valence-electron chi connectivity index (χ4n) is 1.99. The first-order chi connectivity index (χ1) is 4.43. The topological polar surface area (TPSA) is 35.2 Å². The van der Waals surface area contributed by atoms with Crippen molar-refractivity contribution in [2.24, 2.45) is 23.5 Å². The lowest BCUT2D eigenvalue weighted by Gasteiger charge is -2.07. The Morgan fingerprint density at radius 1 is 1.44 bits per heavy atom. The normalized spacial score (nSPS) is 48.3. The Kier molecular flexibility index (Phi) is 1.24. The molecule has 2 aliphatic rings. The Labute approximate surface area is 55.4 Å². The van der Waals surface area contributed by atoms with Crippen molar-refractivity contribution >= 4 is 0 Å². The van der Waals surface area contributed by atoms with Crippen molar-refractivity contribution in [3.05, 3.63) is 0 Å². The van der Waals surface area contributed by atoms with Crippen molar-refractivity contribution in [1.29, 1.82) is 0 Å². The Balaban J connectivity index is 1.91. The highest BCUT2D eigenvalue weighted by Crippen LogP contribution is 2.49. The molecule has 9 heavy (non-hydrogen) atoms. The molecule has 0 bridgehead atoms. The predicted molar refractivity (Wildman–Crippen MR) is 35.0 cm³/mol. The zero-order chi connectivity index (χ0) is 6.27. The van der Waals surface area contributed by atoms with Crippen molar-refractivity contribution < 1.29 is 4.74 Å². The molecule has 1 saturated heterocycles. The van der Waals surface area contributed by atoms with Crippen LogP contribution in [0.1, 0.15) is 6.42 Å². The van der Waals surface area contributed by atoms with Gasteiger partial charge in [-0.2, -0.15) is 0 Å². The number of rotatable bonds is 1. The molecule has 0 aromatic carbocycles. The van der Waals surface area contributed by atoms with Crippen LogP contribution >= 0.6 is 0 Å². The largest absolute Gasteiger partial charge is 0.381 e. The molecule has 2 nitrogen and oxygen atoms in total. The van der Waals surface area contributed by atoms with Crippen LogP contribution < -0.4 is 5.73 Å². The van der Waals surface area contributed by atoms with Gasteiger partial charge in [0.15, 0.2) is 0 Å². The van der Waals surface area contributed by atoms with Gasteiger partial charge in [0, 0.05) is 13.2 Å². The van der Waals surface area contributed by atoms with Crippen molar-refractivity contribution in [2.75, 3.05) is 19.8 Å². The summed E-state index contributed by atoms with van der Waals surface area (Å²) in [4.78, 5) is 0. The van der Waals surface area contributed by atoms with Crippen LogP contribution in [-0.2, 0) is 4.74 Å². The van der Waals surface area contributed by atoms with Crippen LogP contribution in [0.5, 0.6) is 0 Å². The average Bonchev–Trinajstić information content (AvgIpc) is 2.60. The molecule has 52 valence electrons. The third-order valence-corrected chi connectivity index (χ3v) is 2.69. The lowest BCUT2D eigenvalue weighted by molar-refractivity contribution is 0.0885. The van der Waals surface area contributed by atoms with Gasteiger partial charge in [0.2, 0.25) is 0 Å². The van der Waals surface area contributed by atoms with E-state index >= 15 is 0 Å². The van der Waals surface area contributed by atoms with Gasteiger partial charge in [-0.1, -0.05) is 0 Å². The summed E-state index contributed by atoms with van der Waals surface area (Å²) in [6.07, 6.45) is 1.26. The maximum atomic E-state index is 5.54. The van der Waals surface area contributed by atoms with Crippen LogP contribution in [0, 0.1) is 17.8 Å². The molecule has 0 aromatic rings. The van der Waals surface area contributed by atoms with Gasteiger partial charge in [-0.15, -0.1) is 0 Å². The smallest absolute Gasteiger partial charge is 0.0500 e. The number of nitrogens with two attached hydrogens (primary N) is 1. The second-order valence-electron chi connectivity index (χ2n) is 3.09. The summed E-state index contributed by atoms with van der Waals surface area (Å²) in [5.41, 5.74) is 5.54. The van der Waals surface area contributed by atoms with Gasteiger partial charge in [-0.3, -0.25) is 0 Å². The Morgan fingerprint density at radius 3 is 2.89 bits per heavy atom. The van der Waals surface area contributed by atoms with E-state index in [1.54, 1.807) is 0 Å². The first kappa shape index (κ1) is 5.69. The maximum absolute atomic E-state index is 5.54. The third kappa shape index (κ3) is 0.775. The molecule has 2 rings (SSSR count). The van der Waals surface area contributed by atoms with Gasteiger partial charge in [0.05, 0.1) is 0 Å². The fraction of sp³-hybridized carbons (Fsp3) is 1.00. The van der Waals surface area contributed by atoms with Crippen LogP contribution in [0.25, 0.3) is 0 Å². The molecule has 0 amide bonds. The van der Waals surface area contributed by atoms with Crippen molar-refractivity contribution in [3.63, 3.8) is 0 Å². The molecule has 0 aromatic heterocycles. The third-order valence-electron chi connectivity index (χ3n) is 2.69. The molecular formula is C7H13NO. The monoisotopic (exact) mass is 127 g/mol. The lowest BCUT2D eigenvalue weighted by Crippen LogP contribution is -2.07. The van der Waals surface area contributed by atoms with Gasteiger partial charge in [-0.25, -0.2) is 0 Å². The van der Waals surface area contributed by atoms with E-state index in [1.165, 1.54) is 6.42 Å². The highest BCUT2D eigenvalue weighted by atomic mass is 16.5. The Morgan fingerprint density at radius 2 is 2.33 bits per heavy atom. The molecule has 1 saturated carbocycles. The Bertz CT molecular complexity index is 96.7. The summed E-state index contributed by atoms with van der Waals surface area (Å²) in [5.74, 6) is 2.58. The zero-order valence-corrected chi connectivity index (χ0v) is 5.55. The van der Waals surface area contributed by atoms with E-state index in [2.05, 4.69) is 0 Å². The van der Waals surface area contributed by atoms with E-state index in [1.807, 2.05) is 0 Å². The Hall–Kier alpha value is -0.0800. The summed E-state index contributed by atoms with van der Waals surface area (Å²) in [6.45, 7) is 2.82. The second-order valence-corrected chi connectivity index (χ2v) is 3.09. The minimum absolute atomic E-state index is 0.812. The van der Waals surface area contributed by atoms with Crippen LogP contribution in [0.3, 0.4) is 0 Å². The number of fused-ring (bicyclic) bond motifs is 1. The van der Waals surface area contributed by atoms with E-state index in [9.17, 15) is 0 Å². The summed E-state index contributed by atoms with van der Waals surface area (Å²) in [7, 11) is 0. The quantitative estimate of drug-likeness (QED) is 0.547. The standard InChI is InChI=1S/C7H13NO/c8-3-6-5-1-2-9-4-7(5)6/h5-7H,1-4,8H2/t5-,6-,7+/m0/s1. The number of hydrogen-bond donors (Lipinski definition) is 1. The molecule has 2 N–H and O–H groups in total. The molecule has 2 fully saturated rings. The van der Waals surface area contributed by atoms with Crippen LogP contribution in [0.15, 0.2) is 0 Å². The molecule has 0 radical (unpaired) electrons. The first-order valence-corrected chi connectivity index (χ1v) is 3.71. The molecule has 0 spiro atoms. The van der Waals surface area contributed by atoms with Crippen molar-refractivity contribution in [3.8, 4) is 0 Å². The summed E-state index contributed by atoms with van der Waals surface area (Å²) in [6, 6.07) is 0. The molecule has 1 aliphatic carbocycles. The highest BCUT2D eigenvalue weighted by molar-refractivity contribution is 4.98. The van der Waals surface area contributed by atoms with E-state index in [4.69, 9.17) is 10.5 Å². The summed E-state index contributed by atoms with van der Waals surface area (Å²) < 4.78 is 5.30. The predicted octanol–water partition coefficient (Wildman–Crippen LogP) is 0.228. The van der Waals surface area contributed by atoms with Gasteiger partial charge >= 0.3 is 0 Å². The number of ether oxygens (including phenoxy) is 1. The van der Waals surface area contributed by atoms with Crippen LogP contribution in [0.2, 0.25) is 0 Å². The molecule has 0 unspecified atom stereocenters. The van der Waals surface area contributed by atoms with Crippen molar-refractivity contribution in [2.45, 2.75) is 6.42 Å². The van der Waals surface area contributed by atoms with Crippen molar-refractivity contribution in [1.82, 2.24) is 0 Å². The lowest BCUT2D eigenvalue weighted by atomic mass is 10.2. The average molecular weight is 127 g/mol. The molecule has 1 heterocycles. The van der Waals surface area contributed by atoms with E-state index < -0.39 is 0 Å². The molecular weight excluding hydrogens is 114 g/mol. The zero-order valence-electron chi connectivity index (χ0n) is 5.55. The first-order valence-electron chi connectivity index (χ1n) is 3.71. The molecule has 1 aliphatic heterocycles. The van der Waals surface area contributed by atoms with E-state index in [-0.39, 0.29) is 0 Å². The SMILES string of the molecule is NC[C@H]1[C@@H]2CCOC[C@@H]12. The molecule has 3 atom stereocenters. The summed E-state index contributed by atoms with van der Waals surface area (Å²) in [5, 5.41) is 0. The minimum atomic E-state index is 0.812. The second kappa shape index (κ2) is 1.96. The van der Waals surface area contributed by atoms with Crippen LogP contribution in [0.4, 0.5) is 0 Å². The van der Waals surface area contributed by atoms with Crippen LogP contribution in [-0.4, -0.2) is 19.8 Å². The van der Waals surface area contributed by atoms with E-state index in [0.29, 0.717) is 0 Å². The highest BCUT2D eigenvalue weighted by Gasteiger charge is 2.50. The van der Waals surface area contributed by atoms with Gasteiger partial charge in [0.1, 0.15) is 0 Å². The van der Waals surface area contributed by atoms with E-state index in [0.717, 1.165) is 37.5 Å². The minimum Gasteiger partial charge on any atom is -0.381 e. The number of hydrogen-bond acceptors (Lipinski definition) is 2.